The molecular formula is C21H23NO2. The van der Waals surface area contributed by atoms with E-state index < -0.39 is 0 Å². The van der Waals surface area contributed by atoms with Crippen molar-refractivity contribution < 1.29 is 9.63 Å². The fourth-order valence-corrected chi connectivity index (χ4v) is 3.40. The summed E-state index contributed by atoms with van der Waals surface area (Å²) in [6.45, 7) is 2.16. The Balaban J connectivity index is 1.81. The molecule has 0 N–H and O–H groups in total. The quantitative estimate of drug-likeness (QED) is 0.760. The van der Waals surface area contributed by atoms with Crippen molar-refractivity contribution in [1.29, 1.82) is 0 Å². The molecule has 0 fully saturated rings. The summed E-state index contributed by atoms with van der Waals surface area (Å²) in [5.74, 6) is 0.0879. The van der Waals surface area contributed by atoms with E-state index in [9.17, 15) is 4.79 Å². The minimum Gasteiger partial charge on any atom is -0.369 e. The first-order chi connectivity index (χ1) is 11.6. The van der Waals surface area contributed by atoms with Crippen LogP contribution < -0.4 is 0 Å². The first-order valence-electron chi connectivity index (χ1n) is 8.41. The van der Waals surface area contributed by atoms with Gasteiger partial charge in [0.05, 0.1) is 0 Å². The molecule has 0 amide bonds. The molecule has 24 heavy (non-hydrogen) atoms. The zero-order valence-corrected chi connectivity index (χ0v) is 14.2. The van der Waals surface area contributed by atoms with Crippen LogP contribution in [0.4, 0.5) is 0 Å². The standard InChI is InChI=1S/C21H23NO2/c1-16(23)24-22(2)15-7-12-21-19-10-5-3-8-17(19)13-14-18-9-4-6-11-20(18)21/h3-6,8-11,13-14,21H,7,12,15H2,1-2H3. The molecule has 3 heteroatoms. The lowest BCUT2D eigenvalue weighted by molar-refractivity contribution is -0.181. The van der Waals surface area contributed by atoms with E-state index in [4.69, 9.17) is 4.84 Å². The van der Waals surface area contributed by atoms with Crippen molar-refractivity contribution in [3.8, 4) is 0 Å². The van der Waals surface area contributed by atoms with Crippen LogP contribution in [0.5, 0.6) is 0 Å². The topological polar surface area (TPSA) is 29.5 Å². The Labute approximate surface area is 143 Å². The van der Waals surface area contributed by atoms with Crippen molar-refractivity contribution in [2.45, 2.75) is 25.7 Å². The maximum absolute atomic E-state index is 11.0. The average Bonchev–Trinajstić information content (AvgIpc) is 2.72. The van der Waals surface area contributed by atoms with Gasteiger partial charge in [-0.25, -0.2) is 0 Å². The van der Waals surface area contributed by atoms with Crippen molar-refractivity contribution >= 4 is 18.1 Å². The highest BCUT2D eigenvalue weighted by Gasteiger charge is 2.20. The van der Waals surface area contributed by atoms with E-state index in [-0.39, 0.29) is 5.97 Å². The summed E-state index contributed by atoms with van der Waals surface area (Å²) >= 11 is 0. The van der Waals surface area contributed by atoms with Gasteiger partial charge in [0.25, 0.3) is 0 Å². The molecule has 3 rings (SSSR count). The Morgan fingerprint density at radius 3 is 2.08 bits per heavy atom. The molecule has 0 bridgehead atoms. The van der Waals surface area contributed by atoms with Crippen LogP contribution in [-0.4, -0.2) is 24.6 Å². The minimum absolute atomic E-state index is 0.271. The number of hydrogen-bond acceptors (Lipinski definition) is 3. The lowest BCUT2D eigenvalue weighted by atomic mass is 9.84. The zero-order valence-electron chi connectivity index (χ0n) is 14.2. The number of rotatable bonds is 5. The number of nitrogens with zero attached hydrogens (tertiary/aromatic N) is 1. The van der Waals surface area contributed by atoms with E-state index >= 15 is 0 Å². The highest BCUT2D eigenvalue weighted by Crippen LogP contribution is 2.37. The summed E-state index contributed by atoms with van der Waals surface area (Å²) < 4.78 is 0. The fourth-order valence-electron chi connectivity index (χ4n) is 3.40. The monoisotopic (exact) mass is 321 g/mol. The highest BCUT2D eigenvalue weighted by molar-refractivity contribution is 5.76. The van der Waals surface area contributed by atoms with E-state index in [0.29, 0.717) is 5.92 Å². The molecule has 0 aromatic heterocycles. The molecule has 1 aliphatic rings. The largest absolute Gasteiger partial charge is 0.369 e. The smallest absolute Gasteiger partial charge is 0.322 e. The van der Waals surface area contributed by atoms with Gasteiger partial charge < -0.3 is 4.84 Å². The fraction of sp³-hybridized carbons (Fsp3) is 0.286. The lowest BCUT2D eigenvalue weighted by Gasteiger charge is -2.22. The molecule has 0 unspecified atom stereocenters. The van der Waals surface area contributed by atoms with Gasteiger partial charge in [0.15, 0.2) is 0 Å². The lowest BCUT2D eigenvalue weighted by Crippen LogP contribution is -2.23. The molecule has 2 aromatic rings. The van der Waals surface area contributed by atoms with Crippen LogP contribution in [0.2, 0.25) is 0 Å². The molecule has 124 valence electrons. The summed E-state index contributed by atoms with van der Waals surface area (Å²) in [7, 11) is 1.80. The highest BCUT2D eigenvalue weighted by atomic mass is 16.7. The van der Waals surface area contributed by atoms with Crippen LogP contribution in [0.15, 0.2) is 48.5 Å². The molecule has 0 saturated carbocycles. The SMILES string of the molecule is CC(=O)ON(C)CCCC1c2ccccc2C=Cc2ccccc21. The van der Waals surface area contributed by atoms with Crippen molar-refractivity contribution in [2.24, 2.45) is 0 Å². The van der Waals surface area contributed by atoms with Gasteiger partial charge in [0.1, 0.15) is 0 Å². The van der Waals surface area contributed by atoms with Crippen LogP contribution in [0, 0.1) is 0 Å². The second kappa shape index (κ2) is 7.45. The number of hydrogen-bond donors (Lipinski definition) is 0. The summed E-state index contributed by atoms with van der Waals surface area (Å²) in [4.78, 5) is 16.1. The maximum atomic E-state index is 11.0. The normalized spacial score (nSPS) is 13.3. The Morgan fingerprint density at radius 2 is 1.54 bits per heavy atom. The first kappa shape index (κ1) is 16.5. The molecule has 0 saturated heterocycles. The van der Waals surface area contributed by atoms with Crippen LogP contribution in [0.3, 0.4) is 0 Å². The molecule has 3 nitrogen and oxygen atoms in total. The molecule has 0 aliphatic heterocycles. The van der Waals surface area contributed by atoms with E-state index in [1.807, 2.05) is 0 Å². The molecule has 0 atom stereocenters. The van der Waals surface area contributed by atoms with Gasteiger partial charge in [-0.1, -0.05) is 60.7 Å². The number of carbonyl (C=O) groups is 1. The second-order valence-electron chi connectivity index (χ2n) is 6.22. The molecular weight excluding hydrogens is 298 g/mol. The molecule has 0 radical (unpaired) electrons. The Hall–Kier alpha value is -2.39. The van der Waals surface area contributed by atoms with Gasteiger partial charge in [-0.2, -0.15) is 0 Å². The summed E-state index contributed by atoms with van der Waals surface area (Å²) in [6, 6.07) is 17.2. The Kier molecular flexibility index (Phi) is 5.11. The van der Waals surface area contributed by atoms with E-state index in [0.717, 1.165) is 19.4 Å². The zero-order chi connectivity index (χ0) is 16.9. The van der Waals surface area contributed by atoms with Gasteiger partial charge >= 0.3 is 5.97 Å². The number of hydroxylamine groups is 2. The van der Waals surface area contributed by atoms with Crippen LogP contribution in [0.25, 0.3) is 12.2 Å². The van der Waals surface area contributed by atoms with E-state index in [1.165, 1.54) is 29.2 Å². The minimum atomic E-state index is -0.271. The van der Waals surface area contributed by atoms with Crippen LogP contribution >= 0.6 is 0 Å². The average molecular weight is 321 g/mol. The number of carbonyl (C=O) groups excluding carboxylic acids is 1. The third-order valence-corrected chi connectivity index (χ3v) is 4.44. The van der Waals surface area contributed by atoms with Gasteiger partial charge in [0.2, 0.25) is 0 Å². The molecule has 2 aromatic carbocycles. The number of fused-ring (bicyclic) bond motifs is 2. The van der Waals surface area contributed by atoms with Crippen molar-refractivity contribution in [1.82, 2.24) is 5.06 Å². The summed E-state index contributed by atoms with van der Waals surface area (Å²) in [5, 5.41) is 1.62. The third kappa shape index (κ3) is 3.74. The molecule has 0 spiro atoms. The Morgan fingerprint density at radius 1 is 1.00 bits per heavy atom. The third-order valence-electron chi connectivity index (χ3n) is 4.44. The maximum Gasteiger partial charge on any atom is 0.322 e. The van der Waals surface area contributed by atoms with Gasteiger partial charge in [-0.3, -0.25) is 4.79 Å². The van der Waals surface area contributed by atoms with Crippen molar-refractivity contribution in [2.75, 3.05) is 13.6 Å². The Bertz CT molecular complexity index is 702. The van der Waals surface area contributed by atoms with Crippen LogP contribution in [0.1, 0.15) is 47.9 Å². The van der Waals surface area contributed by atoms with E-state index in [1.54, 1.807) is 12.1 Å². The van der Waals surface area contributed by atoms with Gasteiger partial charge in [0, 0.05) is 26.4 Å². The predicted molar refractivity (Wildman–Crippen MR) is 97.3 cm³/mol. The van der Waals surface area contributed by atoms with Crippen LogP contribution in [-0.2, 0) is 9.63 Å². The predicted octanol–water partition coefficient (Wildman–Crippen LogP) is 4.49. The van der Waals surface area contributed by atoms with E-state index in [2.05, 4.69) is 60.7 Å². The van der Waals surface area contributed by atoms with Gasteiger partial charge in [-0.05, 0) is 35.1 Å². The van der Waals surface area contributed by atoms with Crippen molar-refractivity contribution in [3.63, 3.8) is 0 Å². The second-order valence-corrected chi connectivity index (χ2v) is 6.22. The molecule has 1 aliphatic carbocycles. The first-order valence-corrected chi connectivity index (χ1v) is 8.41. The summed E-state index contributed by atoms with van der Waals surface area (Å²) in [6.07, 6.45) is 6.39. The summed E-state index contributed by atoms with van der Waals surface area (Å²) in [5.41, 5.74) is 5.31. The molecule has 0 heterocycles. The van der Waals surface area contributed by atoms with Gasteiger partial charge in [-0.15, -0.1) is 5.06 Å². The number of benzene rings is 2. The van der Waals surface area contributed by atoms with Crippen molar-refractivity contribution in [3.05, 3.63) is 70.8 Å².